The van der Waals surface area contributed by atoms with E-state index >= 15 is 0 Å². The molecule has 40 heavy (non-hydrogen) atoms. The van der Waals surface area contributed by atoms with E-state index in [0.717, 1.165) is 13.4 Å². The summed E-state index contributed by atoms with van der Waals surface area (Å²) in [5.41, 5.74) is 0.700. The second-order valence-corrected chi connectivity index (χ2v) is 22.6. The fourth-order valence-electron chi connectivity index (χ4n) is 4.49. The Morgan fingerprint density at radius 3 is 0.975 bits per heavy atom. The average Bonchev–Trinajstić information content (AvgIpc) is 2.99. The molecule has 0 N–H and O–H groups in total. The van der Waals surface area contributed by atoms with Gasteiger partial charge in [-0.05, 0) is 0 Å². The molecule has 0 atom stereocenters. The Morgan fingerprint density at radius 2 is 0.700 bits per heavy atom. The van der Waals surface area contributed by atoms with Crippen LogP contribution in [-0.2, 0) is 6.03 Å². The SMILES string of the molecule is O=C([O][Sb]([O]C(=O)c1ccccc1)([c]1ccc(Br)cc1)([c]1ccc(Br)cc1)[c]1ccc(Br)cc1)c1ccccc1. The molecular formula is C32H22Br3O4Sb. The van der Waals surface area contributed by atoms with Crippen LogP contribution in [0, 0.1) is 0 Å². The van der Waals surface area contributed by atoms with Crippen molar-refractivity contribution in [2.24, 2.45) is 0 Å². The van der Waals surface area contributed by atoms with Gasteiger partial charge in [0.15, 0.2) is 0 Å². The first kappa shape index (κ1) is 28.8. The van der Waals surface area contributed by atoms with Gasteiger partial charge >= 0.3 is 262 Å². The van der Waals surface area contributed by atoms with E-state index in [1.54, 1.807) is 48.5 Å². The molecule has 0 radical (unpaired) electrons. The summed E-state index contributed by atoms with van der Waals surface area (Å²) < 4.78 is 18.1. The van der Waals surface area contributed by atoms with Crippen LogP contribution in [-0.4, -0.2) is 30.2 Å². The molecule has 200 valence electrons. The Kier molecular flexibility index (Phi) is 8.67. The third kappa shape index (κ3) is 5.45. The Morgan fingerprint density at radius 1 is 0.425 bits per heavy atom. The topological polar surface area (TPSA) is 52.6 Å². The normalized spacial score (nSPS) is 12.1. The van der Waals surface area contributed by atoms with E-state index in [4.69, 9.17) is 6.03 Å². The van der Waals surface area contributed by atoms with Crippen LogP contribution in [0.15, 0.2) is 147 Å². The van der Waals surface area contributed by atoms with Gasteiger partial charge in [-0.15, -0.1) is 0 Å². The van der Waals surface area contributed by atoms with Gasteiger partial charge in [0.2, 0.25) is 0 Å². The summed E-state index contributed by atoms with van der Waals surface area (Å²) in [6, 6.07) is 39.9. The summed E-state index contributed by atoms with van der Waals surface area (Å²) in [4.78, 5) is 28.2. The molecule has 0 bridgehead atoms. The predicted molar refractivity (Wildman–Crippen MR) is 171 cm³/mol. The molecule has 0 aliphatic rings. The second-order valence-electron chi connectivity index (χ2n) is 8.88. The van der Waals surface area contributed by atoms with Gasteiger partial charge in [0.1, 0.15) is 0 Å². The third-order valence-corrected chi connectivity index (χ3v) is 21.5. The van der Waals surface area contributed by atoms with E-state index in [0.29, 0.717) is 21.7 Å². The summed E-state index contributed by atoms with van der Waals surface area (Å²) in [6.07, 6.45) is 0. The van der Waals surface area contributed by atoms with Crippen LogP contribution in [0.4, 0.5) is 0 Å². The summed E-state index contributed by atoms with van der Waals surface area (Å²) in [7, 11) is 0. The molecule has 5 rings (SSSR count). The minimum absolute atomic E-state index is 0.350. The van der Waals surface area contributed by atoms with Crippen molar-refractivity contribution < 1.29 is 15.6 Å². The number of benzene rings is 5. The molecule has 0 fully saturated rings. The number of halogens is 3. The van der Waals surface area contributed by atoms with Gasteiger partial charge in [-0.2, -0.15) is 0 Å². The minimum atomic E-state index is -6.05. The van der Waals surface area contributed by atoms with Gasteiger partial charge in [-0.25, -0.2) is 0 Å². The molecule has 0 aromatic heterocycles. The summed E-state index contributed by atoms with van der Waals surface area (Å²) in [5.74, 6) is -1.17. The molecular weight excluding hydrogens is 810 g/mol. The van der Waals surface area contributed by atoms with Crippen LogP contribution < -0.4 is 10.5 Å². The molecule has 8 heteroatoms. The average molecular weight is 832 g/mol. The molecule has 0 saturated heterocycles. The zero-order chi connectivity index (χ0) is 28.2. The Bertz CT molecular complexity index is 1470. The fourth-order valence-corrected chi connectivity index (χ4v) is 18.1. The molecule has 0 aliphatic heterocycles. The van der Waals surface area contributed by atoms with E-state index < -0.39 is 30.2 Å². The number of hydrogen-bond donors (Lipinski definition) is 0. The van der Waals surface area contributed by atoms with Crippen LogP contribution in [0.1, 0.15) is 20.7 Å². The van der Waals surface area contributed by atoms with Crippen LogP contribution >= 0.6 is 47.8 Å². The number of carbonyl (C=O) groups excluding carboxylic acids is 2. The molecule has 0 unspecified atom stereocenters. The monoisotopic (exact) mass is 828 g/mol. The van der Waals surface area contributed by atoms with E-state index in [-0.39, 0.29) is 0 Å². The maximum absolute atomic E-state index is 14.1. The Hall–Kier alpha value is -2.70. The van der Waals surface area contributed by atoms with Crippen molar-refractivity contribution in [1.82, 2.24) is 0 Å². The van der Waals surface area contributed by atoms with E-state index in [1.165, 1.54) is 0 Å². The van der Waals surface area contributed by atoms with Gasteiger partial charge in [-0.1, -0.05) is 0 Å². The summed E-state index contributed by atoms with van der Waals surface area (Å²) in [6.45, 7) is 0. The first-order valence-corrected chi connectivity index (χ1v) is 20.5. The molecule has 0 heterocycles. The van der Waals surface area contributed by atoms with E-state index in [2.05, 4.69) is 47.8 Å². The fraction of sp³-hybridized carbons (Fsp3) is 0. The summed E-state index contributed by atoms with van der Waals surface area (Å²) in [5, 5.41) is 0. The summed E-state index contributed by atoms with van der Waals surface area (Å²) >= 11 is 4.54. The first-order valence-electron chi connectivity index (χ1n) is 12.2. The van der Waals surface area contributed by atoms with Crippen molar-refractivity contribution in [2.75, 3.05) is 0 Å². The van der Waals surface area contributed by atoms with Crippen molar-refractivity contribution >= 4 is 88.5 Å². The molecule has 5 aromatic rings. The zero-order valence-corrected chi connectivity index (χ0v) is 28.2. The van der Waals surface area contributed by atoms with Gasteiger partial charge in [0.05, 0.1) is 0 Å². The van der Waals surface area contributed by atoms with E-state index in [9.17, 15) is 9.59 Å². The number of rotatable bonds is 7. The number of carbonyl (C=O) groups is 2. The molecule has 0 spiro atoms. The van der Waals surface area contributed by atoms with Crippen molar-refractivity contribution in [2.45, 2.75) is 0 Å². The molecule has 0 amide bonds. The predicted octanol–water partition coefficient (Wildman–Crippen LogP) is 7.11. The molecule has 4 nitrogen and oxygen atoms in total. The van der Waals surface area contributed by atoms with E-state index in [1.807, 2.05) is 84.9 Å². The van der Waals surface area contributed by atoms with Gasteiger partial charge in [0.25, 0.3) is 0 Å². The van der Waals surface area contributed by atoms with Crippen molar-refractivity contribution in [3.8, 4) is 0 Å². The van der Waals surface area contributed by atoms with Crippen molar-refractivity contribution in [3.63, 3.8) is 0 Å². The maximum atomic E-state index is 14.1. The quantitative estimate of drug-likeness (QED) is 0.164. The van der Waals surface area contributed by atoms with Crippen LogP contribution in [0.2, 0.25) is 0 Å². The standard InChI is InChI=1S/2C7H6O2.3C6H4Br.Sb/c2*8-7(9)6-4-2-1-3-5-6;3*7-6-4-2-1-3-5-6;/h2*1-5H,(H,8,9);3*2-5H;/q;;;;;+2/p-2. The van der Waals surface area contributed by atoms with Crippen LogP contribution in [0.3, 0.4) is 0 Å². The third-order valence-electron chi connectivity index (χ3n) is 6.42. The van der Waals surface area contributed by atoms with Crippen molar-refractivity contribution in [3.05, 3.63) is 158 Å². The zero-order valence-electron chi connectivity index (χ0n) is 20.9. The van der Waals surface area contributed by atoms with Crippen LogP contribution in [0.5, 0.6) is 0 Å². The molecule has 0 aliphatic carbocycles. The van der Waals surface area contributed by atoms with Gasteiger partial charge in [-0.3, -0.25) is 0 Å². The molecule has 0 saturated carbocycles. The van der Waals surface area contributed by atoms with Gasteiger partial charge in [0, 0.05) is 0 Å². The van der Waals surface area contributed by atoms with Gasteiger partial charge < -0.3 is 0 Å². The van der Waals surface area contributed by atoms with Crippen LogP contribution in [0.25, 0.3) is 0 Å². The second kappa shape index (κ2) is 12.0. The Balaban J connectivity index is 1.92. The number of hydrogen-bond acceptors (Lipinski definition) is 4. The van der Waals surface area contributed by atoms with Crippen molar-refractivity contribution in [1.29, 1.82) is 0 Å². The molecule has 5 aromatic carbocycles. The Labute approximate surface area is 259 Å². The first-order chi connectivity index (χ1) is 19.3.